The van der Waals surface area contributed by atoms with E-state index in [0.717, 1.165) is 68.6 Å². The Kier molecular flexibility index (Phi) is 6.25. The molecule has 0 aromatic heterocycles. The standard InChI is InChI=1S/C28H22ClNO2/c1-3-21(23-9-6-10-25(23)30-2)27(19-14-11-18(12-15-19)13-16-26(31)32)24-17-20-7-4-5-8-22(20)28(24)29/h4-9,11-16H,3,10,17H2,1H3,(H,31,32)/b16-13+,27-21+. The van der Waals surface area contributed by atoms with Gasteiger partial charge in [-0.15, -0.1) is 0 Å². The molecule has 0 heterocycles. The van der Waals surface area contributed by atoms with Crippen molar-refractivity contribution in [2.24, 2.45) is 0 Å². The number of nitrogens with zero attached hydrogens (tertiary/aromatic N) is 1. The van der Waals surface area contributed by atoms with Gasteiger partial charge in [-0.05, 0) is 63.5 Å². The normalized spacial score (nSPS) is 15.9. The zero-order valence-corrected chi connectivity index (χ0v) is 18.5. The third-order valence-electron chi connectivity index (χ3n) is 5.83. The van der Waals surface area contributed by atoms with E-state index in [1.807, 2.05) is 54.6 Å². The van der Waals surface area contributed by atoms with E-state index < -0.39 is 5.97 Å². The van der Waals surface area contributed by atoms with Crippen LogP contribution in [0.1, 0.15) is 42.0 Å². The Morgan fingerprint density at radius 1 is 1.19 bits per heavy atom. The number of rotatable bonds is 6. The number of fused-ring (bicyclic) bond motifs is 1. The number of carboxylic acid groups (broad SMARTS) is 1. The minimum absolute atomic E-state index is 0.654. The van der Waals surface area contributed by atoms with Crippen LogP contribution in [0.2, 0.25) is 0 Å². The number of aliphatic carboxylic acids is 1. The van der Waals surface area contributed by atoms with Gasteiger partial charge in [0.05, 0.1) is 11.6 Å². The van der Waals surface area contributed by atoms with Crippen LogP contribution in [0.15, 0.2) is 89.2 Å². The van der Waals surface area contributed by atoms with Crippen molar-refractivity contribution in [3.05, 3.63) is 123 Å². The fraction of sp³-hybridized carbons (Fsp3) is 0.143. The fourth-order valence-electron chi connectivity index (χ4n) is 4.35. The quantitative estimate of drug-likeness (QED) is 0.379. The smallest absolute Gasteiger partial charge is 0.328 e. The van der Waals surface area contributed by atoms with Gasteiger partial charge in [-0.1, -0.05) is 79.2 Å². The van der Waals surface area contributed by atoms with E-state index in [9.17, 15) is 4.79 Å². The highest BCUT2D eigenvalue weighted by Gasteiger charge is 2.27. The van der Waals surface area contributed by atoms with E-state index in [1.54, 1.807) is 6.08 Å². The highest BCUT2D eigenvalue weighted by atomic mass is 35.5. The van der Waals surface area contributed by atoms with E-state index in [-0.39, 0.29) is 0 Å². The van der Waals surface area contributed by atoms with Crippen LogP contribution in [0.5, 0.6) is 0 Å². The van der Waals surface area contributed by atoms with Crippen LogP contribution in [0, 0.1) is 6.57 Å². The summed E-state index contributed by atoms with van der Waals surface area (Å²) in [7, 11) is 0. The van der Waals surface area contributed by atoms with Gasteiger partial charge in [-0.2, -0.15) is 0 Å². The van der Waals surface area contributed by atoms with Gasteiger partial charge < -0.3 is 5.11 Å². The lowest BCUT2D eigenvalue weighted by molar-refractivity contribution is -0.131. The number of hydrogen-bond donors (Lipinski definition) is 1. The maximum absolute atomic E-state index is 10.8. The van der Waals surface area contributed by atoms with Crippen LogP contribution >= 0.6 is 11.6 Å². The maximum atomic E-state index is 10.8. The first-order valence-corrected chi connectivity index (χ1v) is 10.9. The predicted octanol–water partition coefficient (Wildman–Crippen LogP) is 7.29. The Hall–Kier alpha value is -3.61. The summed E-state index contributed by atoms with van der Waals surface area (Å²) in [5, 5.41) is 9.65. The number of carbonyl (C=O) groups is 1. The van der Waals surface area contributed by atoms with Gasteiger partial charge in [0.15, 0.2) is 5.70 Å². The average Bonchev–Trinajstić information content (AvgIpc) is 3.41. The Morgan fingerprint density at radius 3 is 2.59 bits per heavy atom. The largest absolute Gasteiger partial charge is 0.478 e. The molecule has 0 fully saturated rings. The molecule has 0 saturated heterocycles. The highest BCUT2D eigenvalue weighted by molar-refractivity contribution is 6.51. The summed E-state index contributed by atoms with van der Waals surface area (Å²) in [5.74, 6) is -0.977. The molecule has 0 bridgehead atoms. The van der Waals surface area contributed by atoms with Crippen molar-refractivity contribution >= 4 is 34.3 Å². The molecule has 2 aromatic carbocycles. The molecule has 158 valence electrons. The number of benzene rings is 2. The highest BCUT2D eigenvalue weighted by Crippen LogP contribution is 2.45. The Bertz CT molecular complexity index is 1280. The maximum Gasteiger partial charge on any atom is 0.328 e. The molecule has 1 N–H and O–H groups in total. The lowest BCUT2D eigenvalue weighted by Crippen LogP contribution is -2.00. The van der Waals surface area contributed by atoms with Gasteiger partial charge in [0, 0.05) is 12.5 Å². The average molecular weight is 440 g/mol. The molecular formula is C28H22ClNO2. The molecule has 0 aliphatic heterocycles. The first kappa shape index (κ1) is 21.6. The van der Waals surface area contributed by atoms with Crippen LogP contribution in [0.3, 0.4) is 0 Å². The molecule has 0 amide bonds. The molecule has 2 aliphatic rings. The summed E-state index contributed by atoms with van der Waals surface area (Å²) in [6, 6.07) is 16.0. The lowest BCUT2D eigenvalue weighted by atomic mass is 9.86. The second kappa shape index (κ2) is 9.26. The van der Waals surface area contributed by atoms with E-state index in [2.05, 4.69) is 17.8 Å². The van der Waals surface area contributed by atoms with Crippen molar-refractivity contribution in [3.63, 3.8) is 0 Å². The molecule has 4 rings (SSSR count). The van der Waals surface area contributed by atoms with E-state index >= 15 is 0 Å². The predicted molar refractivity (Wildman–Crippen MR) is 131 cm³/mol. The number of hydrogen-bond acceptors (Lipinski definition) is 1. The van der Waals surface area contributed by atoms with Crippen molar-refractivity contribution in [3.8, 4) is 0 Å². The van der Waals surface area contributed by atoms with Gasteiger partial charge in [0.2, 0.25) is 0 Å². The first-order chi connectivity index (χ1) is 15.5. The van der Waals surface area contributed by atoms with Crippen molar-refractivity contribution in [1.82, 2.24) is 0 Å². The summed E-state index contributed by atoms with van der Waals surface area (Å²) in [4.78, 5) is 14.6. The zero-order chi connectivity index (χ0) is 22.7. The lowest BCUT2D eigenvalue weighted by Gasteiger charge is -2.18. The minimum atomic E-state index is -0.977. The van der Waals surface area contributed by atoms with Crippen LogP contribution < -0.4 is 0 Å². The SMILES string of the molecule is [C-]#[N+]C1=C(/C(CC)=C(/C2=C(Cl)c3ccccc3C2)c2ccc(/C=C/C(=O)O)cc2)C=CC1. The second-order valence-electron chi connectivity index (χ2n) is 7.71. The van der Waals surface area contributed by atoms with Crippen LogP contribution in [-0.2, 0) is 11.2 Å². The fourth-order valence-corrected chi connectivity index (χ4v) is 4.70. The topological polar surface area (TPSA) is 41.7 Å². The first-order valence-electron chi connectivity index (χ1n) is 10.5. The molecule has 0 spiro atoms. The summed E-state index contributed by atoms with van der Waals surface area (Å²) in [6.07, 6.45) is 8.95. The summed E-state index contributed by atoms with van der Waals surface area (Å²) >= 11 is 6.92. The Labute approximate surface area is 193 Å². The van der Waals surface area contributed by atoms with Crippen molar-refractivity contribution in [1.29, 1.82) is 0 Å². The van der Waals surface area contributed by atoms with Crippen molar-refractivity contribution in [2.45, 2.75) is 26.2 Å². The molecule has 4 heteroatoms. The Balaban J connectivity index is 1.91. The third kappa shape index (κ3) is 4.10. The number of carboxylic acids is 1. The Morgan fingerprint density at radius 2 is 1.94 bits per heavy atom. The number of allylic oxidation sites excluding steroid dienone is 6. The van der Waals surface area contributed by atoms with E-state index in [4.69, 9.17) is 23.3 Å². The minimum Gasteiger partial charge on any atom is -0.478 e. The third-order valence-corrected chi connectivity index (χ3v) is 6.26. The van der Waals surface area contributed by atoms with Gasteiger partial charge in [0.25, 0.3) is 0 Å². The molecule has 0 radical (unpaired) electrons. The summed E-state index contributed by atoms with van der Waals surface area (Å²) in [5.41, 5.74) is 9.05. The summed E-state index contributed by atoms with van der Waals surface area (Å²) < 4.78 is 0. The van der Waals surface area contributed by atoms with Crippen LogP contribution in [-0.4, -0.2) is 11.1 Å². The molecule has 3 nitrogen and oxygen atoms in total. The van der Waals surface area contributed by atoms with Gasteiger partial charge in [-0.25, -0.2) is 9.64 Å². The molecule has 32 heavy (non-hydrogen) atoms. The molecular weight excluding hydrogens is 418 g/mol. The summed E-state index contributed by atoms with van der Waals surface area (Å²) in [6.45, 7) is 9.73. The monoisotopic (exact) mass is 439 g/mol. The second-order valence-corrected chi connectivity index (χ2v) is 8.08. The molecule has 0 atom stereocenters. The zero-order valence-electron chi connectivity index (χ0n) is 17.7. The van der Waals surface area contributed by atoms with Crippen molar-refractivity contribution < 1.29 is 9.90 Å². The van der Waals surface area contributed by atoms with Gasteiger partial charge in [0.1, 0.15) is 0 Å². The molecule has 2 aromatic rings. The van der Waals surface area contributed by atoms with Crippen LogP contribution in [0.4, 0.5) is 0 Å². The van der Waals surface area contributed by atoms with Crippen LogP contribution in [0.25, 0.3) is 21.5 Å². The van der Waals surface area contributed by atoms with Gasteiger partial charge in [-0.3, -0.25) is 0 Å². The van der Waals surface area contributed by atoms with Gasteiger partial charge >= 0.3 is 5.97 Å². The van der Waals surface area contributed by atoms with Crippen molar-refractivity contribution in [2.75, 3.05) is 0 Å². The van der Waals surface area contributed by atoms with E-state index in [0.29, 0.717) is 6.42 Å². The van der Waals surface area contributed by atoms with E-state index in [1.165, 1.54) is 5.56 Å². The molecule has 0 saturated carbocycles. The number of halogens is 1. The molecule has 2 aliphatic carbocycles. The molecule has 0 unspecified atom stereocenters.